The van der Waals surface area contributed by atoms with Crippen molar-refractivity contribution in [1.82, 2.24) is 0 Å². The summed E-state index contributed by atoms with van der Waals surface area (Å²) < 4.78 is 23.8. The molecule has 1 atom stereocenters. The number of para-hydroxylation sites is 1. The smallest absolute Gasteiger partial charge is 0.126 e. The number of nitrogens with zero attached hydrogens (tertiary/aromatic N) is 1. The first kappa shape index (κ1) is 15.8. The van der Waals surface area contributed by atoms with E-state index in [1.54, 1.807) is 19.2 Å². The number of hydrogen-bond donors (Lipinski definition) is 0. The van der Waals surface area contributed by atoms with Crippen LogP contribution in [0.5, 0.6) is 11.5 Å². The van der Waals surface area contributed by atoms with E-state index in [4.69, 9.17) is 9.47 Å². The summed E-state index contributed by atoms with van der Waals surface area (Å²) in [6.07, 6.45) is 1.36. The minimum atomic E-state index is -0.318. The summed E-state index contributed by atoms with van der Waals surface area (Å²) in [6.45, 7) is 0.441. The van der Waals surface area contributed by atoms with Crippen molar-refractivity contribution in [1.29, 1.82) is 5.26 Å². The van der Waals surface area contributed by atoms with Crippen molar-refractivity contribution >= 4 is 0 Å². The molecule has 2 rings (SSSR count). The number of hydrogen-bond acceptors (Lipinski definition) is 3. The van der Waals surface area contributed by atoms with Crippen molar-refractivity contribution < 1.29 is 13.9 Å². The van der Waals surface area contributed by atoms with Crippen LogP contribution in [0.2, 0.25) is 0 Å². The normalized spacial score (nSPS) is 11.5. The lowest BCUT2D eigenvalue weighted by Gasteiger charge is -2.13. The predicted molar refractivity (Wildman–Crippen MR) is 82.5 cm³/mol. The fourth-order valence-electron chi connectivity index (χ4n) is 2.28. The fourth-order valence-corrected chi connectivity index (χ4v) is 2.28. The van der Waals surface area contributed by atoms with E-state index >= 15 is 0 Å². The van der Waals surface area contributed by atoms with Gasteiger partial charge >= 0.3 is 0 Å². The number of ether oxygens (including phenoxy) is 2. The molecule has 0 aliphatic carbocycles. The van der Waals surface area contributed by atoms with Crippen molar-refractivity contribution in [3.8, 4) is 17.6 Å². The first-order valence-corrected chi connectivity index (χ1v) is 7.15. The maximum Gasteiger partial charge on any atom is 0.126 e. The van der Waals surface area contributed by atoms with Crippen molar-refractivity contribution in [2.24, 2.45) is 0 Å². The predicted octanol–water partition coefficient (Wildman–Crippen LogP) is 4.30. The van der Waals surface area contributed by atoms with Gasteiger partial charge in [0.1, 0.15) is 17.3 Å². The Hall–Kier alpha value is -2.54. The third kappa shape index (κ3) is 4.23. The summed E-state index contributed by atoms with van der Waals surface area (Å²) in [7, 11) is 1.60. The quantitative estimate of drug-likeness (QED) is 0.716. The first-order valence-electron chi connectivity index (χ1n) is 7.15. The van der Waals surface area contributed by atoms with Gasteiger partial charge in [0.25, 0.3) is 0 Å². The van der Waals surface area contributed by atoms with Crippen molar-refractivity contribution in [3.05, 3.63) is 59.9 Å². The zero-order valence-corrected chi connectivity index (χ0v) is 12.5. The molecule has 4 heteroatoms. The lowest BCUT2D eigenvalue weighted by molar-refractivity contribution is 0.303. The van der Waals surface area contributed by atoms with Crippen LogP contribution in [0, 0.1) is 17.1 Å². The summed E-state index contributed by atoms with van der Waals surface area (Å²) >= 11 is 0. The number of halogens is 1. The lowest BCUT2D eigenvalue weighted by Crippen LogP contribution is -2.03. The van der Waals surface area contributed by atoms with Gasteiger partial charge in [0.2, 0.25) is 0 Å². The third-order valence-electron chi connectivity index (χ3n) is 3.37. The number of rotatable bonds is 7. The van der Waals surface area contributed by atoms with E-state index < -0.39 is 0 Å². The Kier molecular flexibility index (Phi) is 5.79. The van der Waals surface area contributed by atoms with Crippen LogP contribution in [0.15, 0.2) is 48.5 Å². The number of benzene rings is 2. The van der Waals surface area contributed by atoms with E-state index in [-0.39, 0.29) is 11.7 Å². The molecule has 114 valence electrons. The highest BCUT2D eigenvalue weighted by atomic mass is 19.1. The van der Waals surface area contributed by atoms with Crippen LogP contribution in [-0.4, -0.2) is 13.7 Å². The van der Waals surface area contributed by atoms with Crippen molar-refractivity contribution in [3.63, 3.8) is 0 Å². The van der Waals surface area contributed by atoms with Crippen molar-refractivity contribution in [2.75, 3.05) is 13.7 Å². The van der Waals surface area contributed by atoms with Gasteiger partial charge in [0.15, 0.2) is 0 Å². The second-order valence-electron chi connectivity index (χ2n) is 4.87. The Morgan fingerprint density at radius 1 is 1.18 bits per heavy atom. The second-order valence-corrected chi connectivity index (χ2v) is 4.87. The molecule has 0 aromatic heterocycles. The van der Waals surface area contributed by atoms with Gasteiger partial charge in [0.05, 0.1) is 25.7 Å². The molecular formula is C18H18FNO2. The molecule has 0 N–H and O–H groups in total. The van der Waals surface area contributed by atoms with Crippen molar-refractivity contribution in [2.45, 2.75) is 18.8 Å². The molecule has 0 spiro atoms. The largest absolute Gasteiger partial charge is 0.496 e. The Labute approximate surface area is 129 Å². The zero-order chi connectivity index (χ0) is 15.8. The molecule has 3 nitrogen and oxygen atoms in total. The molecule has 2 aromatic carbocycles. The molecule has 0 saturated heterocycles. The van der Waals surface area contributed by atoms with Crippen LogP contribution in [0.3, 0.4) is 0 Å². The number of methoxy groups -OCH3 is 1. The van der Waals surface area contributed by atoms with Crippen LogP contribution in [0.25, 0.3) is 0 Å². The Bertz CT molecular complexity index is 652. The minimum Gasteiger partial charge on any atom is -0.496 e. The van der Waals surface area contributed by atoms with E-state index in [0.29, 0.717) is 25.2 Å². The molecule has 2 aromatic rings. The highest BCUT2D eigenvalue weighted by Crippen LogP contribution is 2.29. The highest BCUT2D eigenvalue weighted by molar-refractivity contribution is 5.38. The second kappa shape index (κ2) is 8.04. The van der Waals surface area contributed by atoms with Gasteiger partial charge in [-0.05, 0) is 31.0 Å². The third-order valence-corrected chi connectivity index (χ3v) is 3.37. The Morgan fingerprint density at radius 3 is 2.73 bits per heavy atom. The van der Waals surface area contributed by atoms with E-state index in [1.807, 2.05) is 24.3 Å². The van der Waals surface area contributed by atoms with Gasteiger partial charge in [-0.3, -0.25) is 0 Å². The van der Waals surface area contributed by atoms with E-state index in [9.17, 15) is 9.65 Å². The maximum absolute atomic E-state index is 13.0. The maximum atomic E-state index is 13.0. The molecular weight excluding hydrogens is 281 g/mol. The molecule has 0 heterocycles. The van der Waals surface area contributed by atoms with Gasteiger partial charge in [-0.15, -0.1) is 0 Å². The van der Waals surface area contributed by atoms with Gasteiger partial charge in [0, 0.05) is 11.6 Å². The first-order chi connectivity index (χ1) is 10.7. The van der Waals surface area contributed by atoms with Gasteiger partial charge in [-0.25, -0.2) is 4.39 Å². The van der Waals surface area contributed by atoms with Crippen LogP contribution in [-0.2, 0) is 0 Å². The topological polar surface area (TPSA) is 42.2 Å². The van der Waals surface area contributed by atoms with Gasteiger partial charge in [-0.1, -0.05) is 24.3 Å². The average molecular weight is 299 g/mol. The summed E-state index contributed by atoms with van der Waals surface area (Å²) in [4.78, 5) is 0. The van der Waals surface area contributed by atoms with E-state index in [1.165, 1.54) is 12.1 Å². The van der Waals surface area contributed by atoms with Crippen LogP contribution in [0.4, 0.5) is 4.39 Å². The Morgan fingerprint density at radius 2 is 2.00 bits per heavy atom. The molecule has 0 amide bonds. The molecule has 0 fully saturated rings. The molecule has 22 heavy (non-hydrogen) atoms. The summed E-state index contributed by atoms with van der Waals surface area (Å²) in [6, 6.07) is 15.9. The Balaban J connectivity index is 1.88. The lowest BCUT2D eigenvalue weighted by atomic mass is 9.95. The molecule has 0 radical (unpaired) electrons. The average Bonchev–Trinajstić information content (AvgIpc) is 2.55. The van der Waals surface area contributed by atoms with Gasteiger partial charge in [-0.2, -0.15) is 5.26 Å². The van der Waals surface area contributed by atoms with Crippen LogP contribution >= 0.6 is 0 Å². The van der Waals surface area contributed by atoms with Crippen LogP contribution in [0.1, 0.15) is 24.3 Å². The molecule has 0 saturated carbocycles. The molecule has 0 aliphatic rings. The number of nitriles is 1. The fraction of sp³-hybridized carbons (Fsp3) is 0.278. The molecule has 0 aliphatic heterocycles. The highest BCUT2D eigenvalue weighted by Gasteiger charge is 2.14. The minimum absolute atomic E-state index is 0.243. The van der Waals surface area contributed by atoms with Gasteiger partial charge < -0.3 is 9.47 Å². The summed E-state index contributed by atoms with van der Waals surface area (Å²) in [5, 5.41) is 9.36. The summed E-state index contributed by atoms with van der Waals surface area (Å²) in [5.74, 6) is 0.666. The van der Waals surface area contributed by atoms with E-state index in [0.717, 1.165) is 11.3 Å². The summed E-state index contributed by atoms with van der Waals surface area (Å²) in [5.41, 5.74) is 0.887. The standard InChI is InChI=1S/C18H18FNO2/c1-21-18-10-3-2-9-17(18)14(13-20)6-5-11-22-16-8-4-7-15(19)12-16/h2-4,7-10,12,14H,5-6,11H2,1H3. The molecule has 0 bridgehead atoms. The van der Waals surface area contributed by atoms with Crippen LogP contribution < -0.4 is 9.47 Å². The van der Waals surface area contributed by atoms with E-state index in [2.05, 4.69) is 6.07 Å². The zero-order valence-electron chi connectivity index (χ0n) is 12.5. The monoisotopic (exact) mass is 299 g/mol. The molecule has 1 unspecified atom stereocenters. The SMILES string of the molecule is COc1ccccc1C(C#N)CCCOc1cccc(F)c1.